The van der Waals surface area contributed by atoms with E-state index in [9.17, 15) is 4.79 Å². The van der Waals surface area contributed by atoms with Crippen LogP contribution in [0.5, 0.6) is 5.75 Å². The summed E-state index contributed by atoms with van der Waals surface area (Å²) in [4.78, 5) is 17.8. The number of fused-ring (bicyclic) bond motifs is 1. The van der Waals surface area contributed by atoms with Crippen LogP contribution in [0.2, 0.25) is 0 Å². The Kier molecular flexibility index (Phi) is 4.99. The van der Waals surface area contributed by atoms with Gasteiger partial charge in [-0.1, -0.05) is 47.6 Å². The van der Waals surface area contributed by atoms with Gasteiger partial charge in [0.2, 0.25) is 0 Å². The second-order valence-electron chi connectivity index (χ2n) is 6.99. The zero-order chi connectivity index (χ0) is 20.4. The maximum atomic E-state index is 13.2. The standard InChI is InChI=1S/C23H21N3O3/c1-14(2)28-20-12-8-7-11-18(20)24-22(27)17-13-19(16-9-5-4-6-10-16)25-23-21(17)15(3)26-29-23/h4-14H,1-3H3,(H,24,27). The van der Waals surface area contributed by atoms with Gasteiger partial charge in [-0.2, -0.15) is 0 Å². The van der Waals surface area contributed by atoms with Gasteiger partial charge in [0.15, 0.2) is 0 Å². The number of ether oxygens (including phenoxy) is 1. The van der Waals surface area contributed by atoms with E-state index in [-0.39, 0.29) is 12.0 Å². The maximum Gasteiger partial charge on any atom is 0.259 e. The summed E-state index contributed by atoms with van der Waals surface area (Å²) >= 11 is 0. The molecule has 1 N–H and O–H groups in total. The van der Waals surface area contributed by atoms with E-state index in [0.29, 0.717) is 39.5 Å². The van der Waals surface area contributed by atoms with E-state index in [0.717, 1.165) is 5.56 Å². The van der Waals surface area contributed by atoms with Crippen LogP contribution in [0, 0.1) is 6.92 Å². The first-order chi connectivity index (χ1) is 14.0. The van der Waals surface area contributed by atoms with Crippen molar-refractivity contribution in [1.82, 2.24) is 10.1 Å². The topological polar surface area (TPSA) is 77.2 Å². The Bertz CT molecular complexity index is 1170. The van der Waals surface area contributed by atoms with Crippen LogP contribution in [0.1, 0.15) is 29.9 Å². The largest absolute Gasteiger partial charge is 0.489 e. The average Bonchev–Trinajstić information content (AvgIpc) is 3.10. The molecule has 0 aliphatic carbocycles. The number of amides is 1. The van der Waals surface area contributed by atoms with Gasteiger partial charge in [-0.3, -0.25) is 4.79 Å². The van der Waals surface area contributed by atoms with Gasteiger partial charge >= 0.3 is 0 Å². The predicted octanol–water partition coefficient (Wildman–Crippen LogP) is 5.24. The molecule has 4 rings (SSSR count). The van der Waals surface area contributed by atoms with Crippen LogP contribution in [0.25, 0.3) is 22.4 Å². The second kappa shape index (κ2) is 7.75. The molecule has 0 fully saturated rings. The van der Waals surface area contributed by atoms with Crippen molar-refractivity contribution in [2.45, 2.75) is 26.9 Å². The number of pyridine rings is 1. The molecule has 0 atom stereocenters. The Morgan fingerprint density at radius 1 is 1.07 bits per heavy atom. The van der Waals surface area contributed by atoms with E-state index >= 15 is 0 Å². The summed E-state index contributed by atoms with van der Waals surface area (Å²) in [5.74, 6) is 0.340. The summed E-state index contributed by atoms with van der Waals surface area (Å²) in [6.45, 7) is 5.68. The lowest BCUT2D eigenvalue weighted by Crippen LogP contribution is -2.15. The van der Waals surface area contributed by atoms with Crippen LogP contribution < -0.4 is 10.1 Å². The predicted molar refractivity (Wildman–Crippen MR) is 112 cm³/mol. The third-order valence-corrected chi connectivity index (χ3v) is 4.43. The van der Waals surface area contributed by atoms with E-state index < -0.39 is 0 Å². The Morgan fingerprint density at radius 2 is 1.79 bits per heavy atom. The number of nitrogens with zero attached hydrogens (tertiary/aromatic N) is 2. The van der Waals surface area contributed by atoms with Gasteiger partial charge in [-0.05, 0) is 39.0 Å². The number of benzene rings is 2. The van der Waals surface area contributed by atoms with E-state index in [1.165, 1.54) is 0 Å². The normalized spacial score (nSPS) is 11.0. The molecular weight excluding hydrogens is 366 g/mol. The number of hydrogen-bond acceptors (Lipinski definition) is 5. The fourth-order valence-corrected chi connectivity index (χ4v) is 3.15. The third-order valence-electron chi connectivity index (χ3n) is 4.43. The molecule has 0 aliphatic heterocycles. The first kappa shape index (κ1) is 18.7. The molecule has 4 aromatic rings. The molecule has 0 unspecified atom stereocenters. The molecule has 0 aliphatic rings. The van der Waals surface area contributed by atoms with Crippen molar-refractivity contribution in [3.05, 3.63) is 71.9 Å². The van der Waals surface area contributed by atoms with Crippen molar-refractivity contribution in [2.24, 2.45) is 0 Å². The number of para-hydroxylation sites is 2. The number of carbonyl (C=O) groups excluding carboxylic acids is 1. The van der Waals surface area contributed by atoms with Crippen molar-refractivity contribution >= 4 is 22.7 Å². The number of hydrogen-bond donors (Lipinski definition) is 1. The number of nitrogens with one attached hydrogen (secondary N) is 1. The smallest absolute Gasteiger partial charge is 0.259 e. The van der Waals surface area contributed by atoms with Gasteiger partial charge in [0.25, 0.3) is 11.6 Å². The second-order valence-corrected chi connectivity index (χ2v) is 6.99. The highest BCUT2D eigenvalue weighted by Gasteiger charge is 2.20. The lowest BCUT2D eigenvalue weighted by molar-refractivity contribution is 0.102. The van der Waals surface area contributed by atoms with E-state index in [1.807, 2.05) is 68.4 Å². The Morgan fingerprint density at radius 3 is 2.55 bits per heavy atom. The van der Waals surface area contributed by atoms with Gasteiger partial charge in [-0.15, -0.1) is 0 Å². The zero-order valence-electron chi connectivity index (χ0n) is 16.5. The van der Waals surface area contributed by atoms with E-state index in [4.69, 9.17) is 9.26 Å². The molecule has 0 bridgehead atoms. The first-order valence-electron chi connectivity index (χ1n) is 9.42. The summed E-state index contributed by atoms with van der Waals surface area (Å²) in [7, 11) is 0. The van der Waals surface area contributed by atoms with Gasteiger partial charge in [0.1, 0.15) is 5.75 Å². The molecule has 0 saturated carbocycles. The van der Waals surface area contributed by atoms with Crippen LogP contribution in [0.15, 0.2) is 65.2 Å². The maximum absolute atomic E-state index is 13.2. The van der Waals surface area contributed by atoms with Crippen molar-refractivity contribution in [2.75, 3.05) is 5.32 Å². The zero-order valence-corrected chi connectivity index (χ0v) is 16.5. The van der Waals surface area contributed by atoms with Gasteiger partial charge < -0.3 is 14.6 Å². The monoisotopic (exact) mass is 387 g/mol. The molecule has 6 nitrogen and oxygen atoms in total. The minimum absolute atomic E-state index is 0.00862. The van der Waals surface area contributed by atoms with Crippen LogP contribution >= 0.6 is 0 Å². The van der Waals surface area contributed by atoms with Crippen LogP contribution in [0.4, 0.5) is 5.69 Å². The minimum atomic E-state index is -0.277. The molecular formula is C23H21N3O3. The van der Waals surface area contributed by atoms with Gasteiger partial charge in [0, 0.05) is 5.56 Å². The van der Waals surface area contributed by atoms with E-state index in [1.54, 1.807) is 13.0 Å². The number of rotatable bonds is 5. The third kappa shape index (κ3) is 3.82. The number of aromatic nitrogens is 2. The fourth-order valence-electron chi connectivity index (χ4n) is 3.15. The molecule has 6 heteroatoms. The minimum Gasteiger partial charge on any atom is -0.489 e. The summed E-state index contributed by atoms with van der Waals surface area (Å²) in [5.41, 5.74) is 3.54. The summed E-state index contributed by atoms with van der Waals surface area (Å²) in [5, 5.41) is 7.56. The highest BCUT2D eigenvalue weighted by Crippen LogP contribution is 2.30. The van der Waals surface area contributed by atoms with Crippen molar-refractivity contribution in [3.63, 3.8) is 0 Å². The average molecular weight is 387 g/mol. The van der Waals surface area contributed by atoms with Gasteiger partial charge in [-0.25, -0.2) is 4.98 Å². The number of carbonyl (C=O) groups is 1. The highest BCUT2D eigenvalue weighted by atomic mass is 16.5. The first-order valence-corrected chi connectivity index (χ1v) is 9.42. The Hall–Kier alpha value is -3.67. The summed E-state index contributed by atoms with van der Waals surface area (Å²) < 4.78 is 11.2. The quantitative estimate of drug-likeness (QED) is 0.507. The van der Waals surface area contributed by atoms with Crippen LogP contribution in [0.3, 0.4) is 0 Å². The highest BCUT2D eigenvalue weighted by molar-refractivity contribution is 6.13. The van der Waals surface area contributed by atoms with Gasteiger partial charge in [0.05, 0.1) is 34.1 Å². The molecule has 29 heavy (non-hydrogen) atoms. The molecule has 2 heterocycles. The molecule has 2 aromatic heterocycles. The molecule has 2 aromatic carbocycles. The summed E-state index contributed by atoms with van der Waals surface area (Å²) in [6.07, 6.45) is -0.00862. The Labute approximate surface area is 168 Å². The van der Waals surface area contributed by atoms with Crippen molar-refractivity contribution in [1.29, 1.82) is 0 Å². The Balaban J connectivity index is 1.77. The molecule has 0 saturated heterocycles. The molecule has 146 valence electrons. The van der Waals surface area contributed by atoms with E-state index in [2.05, 4.69) is 15.5 Å². The number of aryl methyl sites for hydroxylation is 1. The lowest BCUT2D eigenvalue weighted by Gasteiger charge is -2.15. The number of anilines is 1. The van der Waals surface area contributed by atoms with Crippen LogP contribution in [-0.4, -0.2) is 22.2 Å². The molecule has 0 spiro atoms. The van der Waals surface area contributed by atoms with Crippen LogP contribution in [-0.2, 0) is 0 Å². The molecule has 0 radical (unpaired) electrons. The SMILES string of the molecule is Cc1noc2nc(-c3ccccc3)cc(C(=O)Nc3ccccc3OC(C)C)c12. The lowest BCUT2D eigenvalue weighted by atomic mass is 10.0. The van der Waals surface area contributed by atoms with Crippen molar-refractivity contribution in [3.8, 4) is 17.0 Å². The van der Waals surface area contributed by atoms with Crippen molar-refractivity contribution < 1.29 is 14.1 Å². The molecule has 1 amide bonds. The summed E-state index contributed by atoms with van der Waals surface area (Å²) in [6, 6.07) is 18.8. The fraction of sp³-hybridized carbons (Fsp3) is 0.174.